The van der Waals surface area contributed by atoms with Crippen molar-refractivity contribution in [3.8, 4) is 0 Å². The molecule has 7 heteroatoms. The van der Waals surface area contributed by atoms with Crippen molar-refractivity contribution >= 4 is 23.4 Å². The Morgan fingerprint density at radius 3 is 2.44 bits per heavy atom. The number of hydrogen-bond donors (Lipinski definition) is 3. The van der Waals surface area contributed by atoms with E-state index in [1.165, 1.54) is 0 Å². The minimum Gasteiger partial charge on any atom is -0.349 e. The Bertz CT molecular complexity index is 870. The maximum Gasteiger partial charge on any atom is 0.255 e. The quantitative estimate of drug-likeness (QED) is 0.468. The second kappa shape index (κ2) is 12.8. The smallest absolute Gasteiger partial charge is 0.255 e. The number of allylic oxidation sites excluding steroid dienone is 2. The number of amides is 3. The van der Waals surface area contributed by atoms with Gasteiger partial charge in [0.25, 0.3) is 11.8 Å². The molecule has 3 N–H and O–H groups in total. The molecule has 0 saturated carbocycles. The lowest BCUT2D eigenvalue weighted by Crippen LogP contribution is -2.44. The molecule has 2 fully saturated rings. The van der Waals surface area contributed by atoms with Crippen molar-refractivity contribution in [2.45, 2.75) is 59.4 Å². The zero-order chi connectivity index (χ0) is 23.5. The SMILES string of the molecule is C/C=C(NC(=O)c1cccc(N2CCCC2=O)c1)\C(=C/C)C(=O)NC1CCNCC1.CC. The number of nitrogens with one attached hydrogen (secondary N) is 3. The lowest BCUT2D eigenvalue weighted by atomic mass is 10.0. The molecule has 0 radical (unpaired) electrons. The topological polar surface area (TPSA) is 90.5 Å². The zero-order valence-electron chi connectivity index (χ0n) is 19.7. The minimum absolute atomic E-state index is 0.0764. The van der Waals surface area contributed by atoms with Crippen LogP contribution in [0.4, 0.5) is 5.69 Å². The molecule has 32 heavy (non-hydrogen) atoms. The van der Waals surface area contributed by atoms with Crippen LogP contribution < -0.4 is 20.9 Å². The van der Waals surface area contributed by atoms with E-state index in [4.69, 9.17) is 0 Å². The molecule has 2 aliphatic heterocycles. The fraction of sp³-hybridized carbons (Fsp3) is 0.480. The molecule has 0 unspecified atom stereocenters. The number of anilines is 1. The van der Waals surface area contributed by atoms with Crippen LogP contribution in [0.25, 0.3) is 0 Å². The summed E-state index contributed by atoms with van der Waals surface area (Å²) in [4.78, 5) is 39.4. The monoisotopic (exact) mass is 440 g/mol. The molecule has 7 nitrogen and oxygen atoms in total. The summed E-state index contributed by atoms with van der Waals surface area (Å²) in [6.45, 7) is 10.0. The number of hydrogen-bond acceptors (Lipinski definition) is 4. The number of piperidine rings is 1. The molecule has 1 aromatic rings. The largest absolute Gasteiger partial charge is 0.349 e. The lowest BCUT2D eigenvalue weighted by molar-refractivity contribution is -0.118. The van der Waals surface area contributed by atoms with Gasteiger partial charge in [-0.15, -0.1) is 0 Å². The molecule has 0 bridgehead atoms. The molecule has 0 atom stereocenters. The highest BCUT2D eigenvalue weighted by Gasteiger charge is 2.23. The third-order valence-electron chi connectivity index (χ3n) is 5.53. The van der Waals surface area contributed by atoms with Gasteiger partial charge in [0.05, 0.1) is 5.57 Å². The van der Waals surface area contributed by atoms with Gasteiger partial charge >= 0.3 is 0 Å². The maximum absolute atomic E-state index is 12.9. The Labute approximate surface area is 191 Å². The summed E-state index contributed by atoms with van der Waals surface area (Å²) in [5.74, 6) is -0.424. The first-order valence-electron chi connectivity index (χ1n) is 11.6. The van der Waals surface area contributed by atoms with Gasteiger partial charge in [0.1, 0.15) is 0 Å². The molecular weight excluding hydrogens is 404 g/mol. The van der Waals surface area contributed by atoms with Gasteiger partial charge < -0.3 is 20.9 Å². The molecule has 0 spiro atoms. The number of benzene rings is 1. The molecule has 1 aromatic carbocycles. The third kappa shape index (κ3) is 6.53. The van der Waals surface area contributed by atoms with Gasteiger partial charge in [0.2, 0.25) is 5.91 Å². The second-order valence-corrected chi connectivity index (χ2v) is 7.56. The number of nitrogens with zero attached hydrogens (tertiary/aromatic N) is 1. The van der Waals surface area contributed by atoms with E-state index in [0.717, 1.165) is 38.0 Å². The van der Waals surface area contributed by atoms with Crippen LogP contribution in [0.1, 0.15) is 63.7 Å². The average Bonchev–Trinajstić information content (AvgIpc) is 3.26. The standard InChI is InChI=1S/C23H30N4O3.C2H6/c1-3-19(23(30)25-17-10-12-24-13-11-17)20(4-2)26-22(29)16-7-5-8-18(15-16)27-14-6-9-21(27)28;1-2/h3-5,7-8,15,17,24H,6,9-14H2,1-2H3,(H,25,30)(H,26,29);1-2H3/b19-3+,20-4+;. The van der Waals surface area contributed by atoms with E-state index < -0.39 is 0 Å². The molecule has 2 saturated heterocycles. The Morgan fingerprint density at radius 2 is 1.84 bits per heavy atom. The van der Waals surface area contributed by atoms with Crippen molar-refractivity contribution in [2.24, 2.45) is 0 Å². The predicted octanol–water partition coefficient (Wildman–Crippen LogP) is 3.29. The summed E-state index contributed by atoms with van der Waals surface area (Å²) in [7, 11) is 0. The van der Waals surface area contributed by atoms with E-state index >= 15 is 0 Å². The van der Waals surface area contributed by atoms with Gasteiger partial charge in [-0.25, -0.2) is 0 Å². The highest BCUT2D eigenvalue weighted by Crippen LogP contribution is 2.22. The summed E-state index contributed by atoms with van der Waals surface area (Å²) in [5, 5.41) is 9.20. The van der Waals surface area contributed by atoms with E-state index in [0.29, 0.717) is 29.8 Å². The van der Waals surface area contributed by atoms with Crippen LogP contribution in [0.15, 0.2) is 47.7 Å². The van der Waals surface area contributed by atoms with E-state index in [1.54, 1.807) is 49.1 Å². The van der Waals surface area contributed by atoms with E-state index in [1.807, 2.05) is 19.9 Å². The van der Waals surface area contributed by atoms with E-state index in [-0.39, 0.29) is 23.8 Å². The van der Waals surface area contributed by atoms with Crippen LogP contribution >= 0.6 is 0 Å². The third-order valence-corrected chi connectivity index (χ3v) is 5.53. The zero-order valence-corrected chi connectivity index (χ0v) is 19.7. The molecular formula is C25H36N4O3. The summed E-state index contributed by atoms with van der Waals surface area (Å²) in [5.41, 5.74) is 2.08. The highest BCUT2D eigenvalue weighted by atomic mass is 16.2. The Morgan fingerprint density at radius 1 is 1.12 bits per heavy atom. The number of rotatable bonds is 6. The van der Waals surface area contributed by atoms with Gasteiger partial charge in [-0.3, -0.25) is 14.4 Å². The molecule has 2 aliphatic rings. The fourth-order valence-corrected chi connectivity index (χ4v) is 3.86. The molecule has 2 heterocycles. The molecule has 0 aliphatic carbocycles. The second-order valence-electron chi connectivity index (χ2n) is 7.56. The van der Waals surface area contributed by atoms with E-state index in [2.05, 4.69) is 16.0 Å². The molecule has 0 aromatic heterocycles. The van der Waals surface area contributed by atoms with Gasteiger partial charge in [0.15, 0.2) is 0 Å². The average molecular weight is 441 g/mol. The summed E-state index contributed by atoms with van der Waals surface area (Å²) < 4.78 is 0. The van der Waals surface area contributed by atoms with Gasteiger partial charge in [0, 0.05) is 36.0 Å². The Hall–Kier alpha value is -2.93. The van der Waals surface area contributed by atoms with Crippen molar-refractivity contribution in [3.63, 3.8) is 0 Å². The minimum atomic E-state index is -0.314. The van der Waals surface area contributed by atoms with Crippen LogP contribution in [-0.2, 0) is 9.59 Å². The van der Waals surface area contributed by atoms with Crippen LogP contribution in [0, 0.1) is 0 Å². The summed E-state index contributed by atoms with van der Waals surface area (Å²) in [6.07, 6.45) is 6.59. The normalized spacial score (nSPS) is 17.5. The van der Waals surface area contributed by atoms with E-state index in [9.17, 15) is 14.4 Å². The van der Waals surface area contributed by atoms with Crippen LogP contribution in [0.2, 0.25) is 0 Å². The van der Waals surface area contributed by atoms with Crippen LogP contribution in [0.3, 0.4) is 0 Å². The van der Waals surface area contributed by atoms with Crippen LogP contribution in [-0.4, -0.2) is 43.4 Å². The van der Waals surface area contributed by atoms with Crippen LogP contribution in [0.5, 0.6) is 0 Å². The molecule has 174 valence electrons. The van der Waals surface area contributed by atoms with Gasteiger partial charge in [-0.2, -0.15) is 0 Å². The number of carbonyl (C=O) groups excluding carboxylic acids is 3. The van der Waals surface area contributed by atoms with Crippen molar-refractivity contribution in [1.29, 1.82) is 0 Å². The highest BCUT2D eigenvalue weighted by molar-refractivity contribution is 6.03. The van der Waals surface area contributed by atoms with Crippen molar-refractivity contribution in [2.75, 3.05) is 24.5 Å². The van der Waals surface area contributed by atoms with Gasteiger partial charge in [-0.1, -0.05) is 32.1 Å². The summed E-state index contributed by atoms with van der Waals surface area (Å²) in [6, 6.07) is 7.16. The first kappa shape index (κ1) is 25.3. The predicted molar refractivity (Wildman–Crippen MR) is 128 cm³/mol. The molecule has 3 amide bonds. The first-order valence-corrected chi connectivity index (χ1v) is 11.6. The van der Waals surface area contributed by atoms with Crippen molar-refractivity contribution in [1.82, 2.24) is 16.0 Å². The fourth-order valence-electron chi connectivity index (χ4n) is 3.86. The molecule has 3 rings (SSSR count). The Balaban J connectivity index is 0.00000176. The Kier molecular flexibility index (Phi) is 10.1. The van der Waals surface area contributed by atoms with Crippen molar-refractivity contribution in [3.05, 3.63) is 53.3 Å². The summed E-state index contributed by atoms with van der Waals surface area (Å²) >= 11 is 0. The maximum atomic E-state index is 12.9. The number of carbonyl (C=O) groups is 3. The van der Waals surface area contributed by atoms with Gasteiger partial charge in [-0.05, 0) is 64.4 Å². The lowest BCUT2D eigenvalue weighted by Gasteiger charge is -2.24. The first-order chi connectivity index (χ1) is 15.5. The van der Waals surface area contributed by atoms with Crippen molar-refractivity contribution < 1.29 is 14.4 Å².